The summed E-state index contributed by atoms with van der Waals surface area (Å²) in [6.45, 7) is 2.47. The van der Waals surface area contributed by atoms with Crippen LogP contribution in [0.4, 0.5) is 0 Å². The maximum absolute atomic E-state index is 9.36. The molecule has 0 saturated carbocycles. The summed E-state index contributed by atoms with van der Waals surface area (Å²) in [6.07, 6.45) is 2.31. The second kappa shape index (κ2) is 6.33. The first kappa shape index (κ1) is 14.2. The molecule has 1 aliphatic rings. The molecular formula is C17H21NO3. The molecule has 0 spiro atoms. The molecule has 0 aliphatic carbocycles. The van der Waals surface area contributed by atoms with E-state index < -0.39 is 0 Å². The van der Waals surface area contributed by atoms with Crippen molar-refractivity contribution in [3.8, 4) is 5.75 Å². The number of rotatable bonds is 5. The Balaban J connectivity index is 1.70. The molecule has 4 heteroatoms. The summed E-state index contributed by atoms with van der Waals surface area (Å²) < 4.78 is 11.0. The van der Waals surface area contributed by atoms with E-state index in [1.54, 1.807) is 19.2 Å². The predicted octanol–water partition coefficient (Wildman–Crippen LogP) is 3.47. The normalized spacial score (nSPS) is 19.2. The smallest absolute Gasteiger partial charge is 0.129 e. The van der Waals surface area contributed by atoms with Crippen LogP contribution in [0.3, 0.4) is 0 Å². The Labute approximate surface area is 124 Å². The van der Waals surface area contributed by atoms with E-state index in [2.05, 4.69) is 11.0 Å². The zero-order valence-corrected chi connectivity index (χ0v) is 12.3. The molecule has 1 aromatic carbocycles. The summed E-state index contributed by atoms with van der Waals surface area (Å²) in [5.41, 5.74) is 1.21. The molecule has 21 heavy (non-hydrogen) atoms. The van der Waals surface area contributed by atoms with Gasteiger partial charge in [-0.05, 0) is 49.2 Å². The number of ether oxygens (including phenoxy) is 1. The van der Waals surface area contributed by atoms with Crippen LogP contribution in [0.5, 0.6) is 5.75 Å². The lowest BCUT2D eigenvalue weighted by molar-refractivity contribution is 0.155. The third-order valence-electron chi connectivity index (χ3n) is 3.98. The maximum atomic E-state index is 9.36. The Morgan fingerprint density at radius 2 is 2.05 bits per heavy atom. The zero-order chi connectivity index (χ0) is 14.7. The lowest BCUT2D eigenvalue weighted by atomic mass is 10.1. The van der Waals surface area contributed by atoms with Crippen molar-refractivity contribution in [2.24, 2.45) is 0 Å². The highest BCUT2D eigenvalue weighted by molar-refractivity contribution is 5.26. The predicted molar refractivity (Wildman–Crippen MR) is 79.9 cm³/mol. The standard InChI is InChI=1S/C17H21NO3/c1-20-12-15-8-9-17(21-15)16-3-2-10-18(16)11-13-4-6-14(19)7-5-13/h4-9,16,19H,2-3,10-12H2,1H3/t16-/m1/s1. The van der Waals surface area contributed by atoms with Crippen LogP contribution >= 0.6 is 0 Å². The van der Waals surface area contributed by atoms with Gasteiger partial charge >= 0.3 is 0 Å². The van der Waals surface area contributed by atoms with E-state index in [9.17, 15) is 5.11 Å². The molecular weight excluding hydrogens is 266 g/mol. The van der Waals surface area contributed by atoms with E-state index in [1.807, 2.05) is 18.2 Å². The van der Waals surface area contributed by atoms with Gasteiger partial charge in [0.2, 0.25) is 0 Å². The Morgan fingerprint density at radius 1 is 1.24 bits per heavy atom. The lowest BCUT2D eigenvalue weighted by Gasteiger charge is -2.22. The van der Waals surface area contributed by atoms with E-state index >= 15 is 0 Å². The van der Waals surface area contributed by atoms with Gasteiger partial charge in [-0.15, -0.1) is 0 Å². The average Bonchev–Trinajstić information content (AvgIpc) is 3.11. The lowest BCUT2D eigenvalue weighted by Crippen LogP contribution is -2.22. The molecule has 0 radical (unpaired) electrons. The molecule has 1 fully saturated rings. The Bertz CT molecular complexity index is 576. The number of hydrogen-bond donors (Lipinski definition) is 1. The van der Waals surface area contributed by atoms with E-state index in [0.29, 0.717) is 18.4 Å². The van der Waals surface area contributed by atoms with Gasteiger partial charge in [0.15, 0.2) is 0 Å². The summed E-state index contributed by atoms with van der Waals surface area (Å²) in [4.78, 5) is 2.43. The maximum Gasteiger partial charge on any atom is 0.129 e. The zero-order valence-electron chi connectivity index (χ0n) is 12.3. The molecule has 0 unspecified atom stereocenters. The first-order chi connectivity index (χ1) is 10.3. The van der Waals surface area contributed by atoms with Crippen LogP contribution in [0.2, 0.25) is 0 Å². The highest BCUT2D eigenvalue weighted by Crippen LogP contribution is 2.34. The van der Waals surface area contributed by atoms with E-state index in [4.69, 9.17) is 9.15 Å². The molecule has 1 aliphatic heterocycles. The number of benzene rings is 1. The van der Waals surface area contributed by atoms with Gasteiger partial charge in [-0.2, -0.15) is 0 Å². The fraction of sp³-hybridized carbons (Fsp3) is 0.412. The van der Waals surface area contributed by atoms with Gasteiger partial charge in [0, 0.05) is 13.7 Å². The quantitative estimate of drug-likeness (QED) is 0.914. The summed E-state index contributed by atoms with van der Waals surface area (Å²) in [6, 6.07) is 11.8. The van der Waals surface area contributed by atoms with Gasteiger partial charge in [-0.25, -0.2) is 0 Å². The van der Waals surface area contributed by atoms with Crippen LogP contribution in [-0.2, 0) is 17.9 Å². The molecule has 2 aromatic rings. The number of furan rings is 1. The highest BCUT2D eigenvalue weighted by atomic mass is 16.5. The van der Waals surface area contributed by atoms with E-state index in [0.717, 1.165) is 31.0 Å². The topological polar surface area (TPSA) is 45.8 Å². The van der Waals surface area contributed by atoms with E-state index in [-0.39, 0.29) is 0 Å². The minimum Gasteiger partial charge on any atom is -0.508 e. The average molecular weight is 287 g/mol. The fourth-order valence-electron chi connectivity index (χ4n) is 2.97. The summed E-state index contributed by atoms with van der Waals surface area (Å²) >= 11 is 0. The second-order valence-electron chi connectivity index (χ2n) is 5.53. The van der Waals surface area contributed by atoms with Crippen molar-refractivity contribution >= 4 is 0 Å². The number of aromatic hydroxyl groups is 1. The van der Waals surface area contributed by atoms with Crippen LogP contribution < -0.4 is 0 Å². The van der Waals surface area contributed by atoms with Gasteiger partial charge in [-0.3, -0.25) is 4.90 Å². The number of nitrogens with zero attached hydrogens (tertiary/aromatic N) is 1. The number of phenols is 1. The van der Waals surface area contributed by atoms with Crippen LogP contribution in [0.15, 0.2) is 40.8 Å². The van der Waals surface area contributed by atoms with Crippen molar-refractivity contribution in [2.45, 2.75) is 32.0 Å². The van der Waals surface area contributed by atoms with Gasteiger partial charge < -0.3 is 14.3 Å². The Morgan fingerprint density at radius 3 is 2.81 bits per heavy atom. The third-order valence-corrected chi connectivity index (χ3v) is 3.98. The van der Waals surface area contributed by atoms with Crippen LogP contribution in [0, 0.1) is 0 Å². The van der Waals surface area contributed by atoms with Crippen LogP contribution in [-0.4, -0.2) is 23.7 Å². The number of methoxy groups -OCH3 is 1. The molecule has 1 aromatic heterocycles. The summed E-state index contributed by atoms with van der Waals surface area (Å²) in [5, 5.41) is 9.36. The Hall–Kier alpha value is -1.78. The molecule has 1 N–H and O–H groups in total. The van der Waals surface area contributed by atoms with Crippen LogP contribution in [0.25, 0.3) is 0 Å². The Kier molecular flexibility index (Phi) is 4.27. The summed E-state index contributed by atoms with van der Waals surface area (Å²) in [5.74, 6) is 2.22. The minimum absolute atomic E-state index is 0.312. The first-order valence-corrected chi connectivity index (χ1v) is 7.36. The first-order valence-electron chi connectivity index (χ1n) is 7.36. The van der Waals surface area contributed by atoms with Crippen LogP contribution in [0.1, 0.15) is 36.0 Å². The van der Waals surface area contributed by atoms with E-state index in [1.165, 1.54) is 12.0 Å². The monoisotopic (exact) mass is 287 g/mol. The largest absolute Gasteiger partial charge is 0.508 e. The molecule has 2 heterocycles. The van der Waals surface area contributed by atoms with Crippen molar-refractivity contribution in [1.29, 1.82) is 0 Å². The molecule has 4 nitrogen and oxygen atoms in total. The molecule has 112 valence electrons. The van der Waals surface area contributed by atoms with Gasteiger partial charge in [0.1, 0.15) is 23.9 Å². The summed E-state index contributed by atoms with van der Waals surface area (Å²) in [7, 11) is 1.68. The molecule has 3 rings (SSSR count). The highest BCUT2D eigenvalue weighted by Gasteiger charge is 2.28. The number of likely N-dealkylation sites (tertiary alicyclic amines) is 1. The second-order valence-corrected chi connectivity index (χ2v) is 5.53. The minimum atomic E-state index is 0.312. The number of phenolic OH excluding ortho intramolecular Hbond substituents is 1. The molecule has 1 saturated heterocycles. The molecule has 0 amide bonds. The van der Waals surface area contributed by atoms with Crippen molar-refractivity contribution in [3.63, 3.8) is 0 Å². The molecule has 1 atom stereocenters. The van der Waals surface area contributed by atoms with Crippen molar-refractivity contribution in [2.75, 3.05) is 13.7 Å². The van der Waals surface area contributed by atoms with Crippen molar-refractivity contribution in [1.82, 2.24) is 4.90 Å². The number of hydrogen-bond acceptors (Lipinski definition) is 4. The fourth-order valence-corrected chi connectivity index (χ4v) is 2.97. The molecule has 0 bridgehead atoms. The van der Waals surface area contributed by atoms with Gasteiger partial charge in [-0.1, -0.05) is 12.1 Å². The van der Waals surface area contributed by atoms with Gasteiger partial charge in [0.05, 0.1) is 6.04 Å². The van der Waals surface area contributed by atoms with Crippen molar-refractivity contribution < 1.29 is 14.3 Å². The van der Waals surface area contributed by atoms with Gasteiger partial charge in [0.25, 0.3) is 0 Å². The third kappa shape index (κ3) is 3.28. The SMILES string of the molecule is COCc1ccc([C@H]2CCCN2Cc2ccc(O)cc2)o1. The van der Waals surface area contributed by atoms with Crippen molar-refractivity contribution in [3.05, 3.63) is 53.5 Å².